The summed E-state index contributed by atoms with van der Waals surface area (Å²) in [4.78, 5) is 27.4. The van der Waals surface area contributed by atoms with E-state index in [2.05, 4.69) is 11.9 Å². The zero-order chi connectivity index (χ0) is 24.5. The first-order valence-electron chi connectivity index (χ1n) is 11.0. The van der Waals surface area contributed by atoms with Crippen LogP contribution in [0.3, 0.4) is 0 Å². The normalized spacial score (nSPS) is 16.7. The molecule has 0 aliphatic carbocycles. The summed E-state index contributed by atoms with van der Waals surface area (Å²) in [5.41, 5.74) is 2.85. The summed E-state index contributed by atoms with van der Waals surface area (Å²) >= 11 is 10.9. The zero-order valence-electron chi connectivity index (χ0n) is 19.2. The first-order chi connectivity index (χ1) is 15.8. The van der Waals surface area contributed by atoms with Gasteiger partial charge in [0.05, 0.1) is 10.0 Å². The Hall–Kier alpha value is -2.57. The van der Waals surface area contributed by atoms with Crippen LogP contribution >= 0.6 is 23.2 Å². The highest BCUT2D eigenvalue weighted by Crippen LogP contribution is 2.24. The standard InChI is InChI=1S/C17H21N3O2.C6H3Cl2F.C2H6/c1-3-16(21)20-9-7-14(11-20)18-13-5-4-12-6-8-19(2)17(22)15(12)10-13;7-5-2-1-4(9)3-6(5)8;1-2/h3-5,10,14,18H,1,6-9,11H2,2H3;1-3H;1-2H3. The Balaban J connectivity index is 0.000000293. The van der Waals surface area contributed by atoms with Crippen molar-refractivity contribution in [3.8, 4) is 0 Å². The molecule has 1 unspecified atom stereocenters. The van der Waals surface area contributed by atoms with Crippen molar-refractivity contribution in [3.63, 3.8) is 0 Å². The van der Waals surface area contributed by atoms with E-state index in [1.165, 1.54) is 24.3 Å². The Morgan fingerprint density at radius 2 is 1.88 bits per heavy atom. The second-order valence-electron chi connectivity index (χ2n) is 7.53. The number of carbonyl (C=O) groups excluding carboxylic acids is 2. The first kappa shape index (κ1) is 26.7. The van der Waals surface area contributed by atoms with Crippen LogP contribution in [0.15, 0.2) is 49.1 Å². The van der Waals surface area contributed by atoms with Crippen LogP contribution in [-0.2, 0) is 11.2 Å². The number of benzene rings is 2. The lowest BCUT2D eigenvalue weighted by Gasteiger charge is -2.25. The van der Waals surface area contributed by atoms with Gasteiger partial charge in [0.25, 0.3) is 5.91 Å². The van der Waals surface area contributed by atoms with Gasteiger partial charge in [0.15, 0.2) is 0 Å². The van der Waals surface area contributed by atoms with Crippen LogP contribution in [0.5, 0.6) is 0 Å². The van der Waals surface area contributed by atoms with E-state index < -0.39 is 0 Å². The summed E-state index contributed by atoms with van der Waals surface area (Å²) in [7, 11) is 1.83. The van der Waals surface area contributed by atoms with E-state index >= 15 is 0 Å². The third-order valence-electron chi connectivity index (χ3n) is 5.33. The minimum absolute atomic E-state index is 0.0217. The number of amides is 2. The molecule has 178 valence electrons. The van der Waals surface area contributed by atoms with Crippen molar-refractivity contribution in [2.45, 2.75) is 32.7 Å². The van der Waals surface area contributed by atoms with Crippen molar-refractivity contribution in [3.05, 3.63) is 76.0 Å². The van der Waals surface area contributed by atoms with E-state index in [1.807, 2.05) is 39.1 Å². The predicted octanol–water partition coefficient (Wildman–Crippen LogP) is 5.67. The molecular formula is C25H30Cl2FN3O2. The van der Waals surface area contributed by atoms with Crippen LogP contribution in [0.2, 0.25) is 10.0 Å². The molecule has 2 aliphatic heterocycles. The number of carbonyl (C=O) groups is 2. The number of anilines is 1. The molecule has 0 saturated carbocycles. The highest BCUT2D eigenvalue weighted by Gasteiger charge is 2.26. The molecule has 2 amide bonds. The zero-order valence-corrected chi connectivity index (χ0v) is 20.7. The van der Waals surface area contributed by atoms with E-state index in [0.29, 0.717) is 11.6 Å². The Kier molecular flexibility index (Phi) is 10.2. The maximum absolute atomic E-state index is 12.2. The molecule has 0 radical (unpaired) electrons. The minimum atomic E-state index is -0.371. The molecule has 1 saturated heterocycles. The molecule has 2 aromatic rings. The second-order valence-corrected chi connectivity index (χ2v) is 8.34. The molecule has 2 heterocycles. The number of hydrogen-bond acceptors (Lipinski definition) is 3. The minimum Gasteiger partial charge on any atom is -0.380 e. The average molecular weight is 494 g/mol. The Labute approximate surface area is 205 Å². The van der Waals surface area contributed by atoms with Gasteiger partial charge in [-0.1, -0.05) is 49.7 Å². The Morgan fingerprint density at radius 1 is 1.15 bits per heavy atom. The fourth-order valence-corrected chi connectivity index (χ4v) is 3.88. The number of halogens is 3. The average Bonchev–Trinajstić information content (AvgIpc) is 3.29. The van der Waals surface area contributed by atoms with Gasteiger partial charge in [0.2, 0.25) is 5.91 Å². The third-order valence-corrected chi connectivity index (χ3v) is 6.07. The van der Waals surface area contributed by atoms with E-state index in [-0.39, 0.29) is 28.7 Å². The van der Waals surface area contributed by atoms with Gasteiger partial charge in [-0.05, 0) is 54.8 Å². The SMILES string of the molecule is C=CC(=O)N1CCC(Nc2ccc3c(c2)C(=O)N(C)CC3)C1.CC.Fc1ccc(Cl)c(Cl)c1. The summed E-state index contributed by atoms with van der Waals surface area (Å²) in [6.07, 6.45) is 3.17. The number of likely N-dealkylation sites (N-methyl/N-ethyl adjacent to an activating group) is 1. The lowest BCUT2D eigenvalue weighted by molar-refractivity contribution is -0.125. The highest BCUT2D eigenvalue weighted by molar-refractivity contribution is 6.41. The summed E-state index contributed by atoms with van der Waals surface area (Å²) < 4.78 is 12.2. The van der Waals surface area contributed by atoms with Gasteiger partial charge in [0.1, 0.15) is 5.82 Å². The molecule has 0 bridgehead atoms. The van der Waals surface area contributed by atoms with Crippen molar-refractivity contribution < 1.29 is 14.0 Å². The molecule has 0 aromatic heterocycles. The van der Waals surface area contributed by atoms with E-state index in [9.17, 15) is 14.0 Å². The maximum atomic E-state index is 12.2. The Bertz CT molecular complexity index is 1000. The summed E-state index contributed by atoms with van der Waals surface area (Å²) in [5.74, 6) is -0.310. The lowest BCUT2D eigenvalue weighted by Crippen LogP contribution is -2.34. The molecular weight excluding hydrogens is 464 g/mol. The molecule has 1 fully saturated rings. The van der Waals surface area contributed by atoms with Crippen molar-refractivity contribution >= 4 is 40.7 Å². The van der Waals surface area contributed by atoms with Crippen LogP contribution in [-0.4, -0.2) is 54.3 Å². The molecule has 5 nitrogen and oxygen atoms in total. The van der Waals surface area contributed by atoms with Crippen LogP contribution in [0, 0.1) is 5.82 Å². The van der Waals surface area contributed by atoms with Gasteiger partial charge >= 0.3 is 0 Å². The molecule has 4 rings (SSSR count). The quantitative estimate of drug-likeness (QED) is 0.442. The van der Waals surface area contributed by atoms with Crippen molar-refractivity contribution in [1.82, 2.24) is 9.80 Å². The molecule has 1 N–H and O–H groups in total. The number of nitrogens with one attached hydrogen (secondary N) is 1. The van der Waals surface area contributed by atoms with Gasteiger partial charge < -0.3 is 15.1 Å². The summed E-state index contributed by atoms with van der Waals surface area (Å²) in [6.45, 7) is 9.72. The number of rotatable bonds is 3. The van der Waals surface area contributed by atoms with Crippen molar-refractivity contribution in [2.75, 3.05) is 32.0 Å². The predicted molar refractivity (Wildman–Crippen MR) is 134 cm³/mol. The van der Waals surface area contributed by atoms with Crippen LogP contribution < -0.4 is 5.32 Å². The third kappa shape index (κ3) is 7.21. The molecule has 33 heavy (non-hydrogen) atoms. The fourth-order valence-electron chi connectivity index (χ4n) is 3.59. The van der Waals surface area contributed by atoms with E-state index in [4.69, 9.17) is 23.2 Å². The van der Waals surface area contributed by atoms with Crippen LogP contribution in [0.4, 0.5) is 10.1 Å². The van der Waals surface area contributed by atoms with E-state index in [1.54, 1.807) is 9.80 Å². The van der Waals surface area contributed by atoms with Crippen LogP contribution in [0.25, 0.3) is 0 Å². The number of fused-ring (bicyclic) bond motifs is 1. The number of hydrogen-bond donors (Lipinski definition) is 1. The monoisotopic (exact) mass is 493 g/mol. The molecule has 0 spiro atoms. The smallest absolute Gasteiger partial charge is 0.253 e. The first-order valence-corrected chi connectivity index (χ1v) is 11.7. The number of nitrogens with zero attached hydrogens (tertiary/aromatic N) is 2. The molecule has 8 heteroatoms. The van der Waals surface area contributed by atoms with Gasteiger partial charge in [0, 0.05) is 44.0 Å². The molecule has 2 aromatic carbocycles. The summed E-state index contributed by atoms with van der Waals surface area (Å²) in [5, 5.41) is 4.06. The maximum Gasteiger partial charge on any atom is 0.253 e. The van der Waals surface area contributed by atoms with Gasteiger partial charge in [-0.25, -0.2) is 4.39 Å². The highest BCUT2D eigenvalue weighted by atomic mass is 35.5. The van der Waals surface area contributed by atoms with Crippen molar-refractivity contribution in [1.29, 1.82) is 0 Å². The molecule has 2 aliphatic rings. The number of likely N-dealkylation sites (tertiary alicyclic amines) is 1. The summed E-state index contributed by atoms with van der Waals surface area (Å²) in [6, 6.07) is 10.1. The largest absolute Gasteiger partial charge is 0.380 e. The molecule has 1 atom stereocenters. The second kappa shape index (κ2) is 12.6. The van der Waals surface area contributed by atoms with Crippen LogP contribution in [0.1, 0.15) is 36.2 Å². The fraction of sp³-hybridized carbons (Fsp3) is 0.360. The van der Waals surface area contributed by atoms with Gasteiger partial charge in [-0.3, -0.25) is 9.59 Å². The van der Waals surface area contributed by atoms with E-state index in [0.717, 1.165) is 42.7 Å². The van der Waals surface area contributed by atoms with Gasteiger partial charge in [-0.15, -0.1) is 0 Å². The lowest BCUT2D eigenvalue weighted by atomic mass is 9.98. The topological polar surface area (TPSA) is 52.7 Å². The van der Waals surface area contributed by atoms with Gasteiger partial charge in [-0.2, -0.15) is 0 Å². The van der Waals surface area contributed by atoms with Crippen molar-refractivity contribution in [2.24, 2.45) is 0 Å². The Morgan fingerprint density at radius 3 is 2.52 bits per heavy atom.